The summed E-state index contributed by atoms with van der Waals surface area (Å²) in [6.45, 7) is 6.06. The van der Waals surface area contributed by atoms with Crippen LogP contribution in [0.4, 0.5) is 11.6 Å². The van der Waals surface area contributed by atoms with Crippen LogP contribution in [0, 0.1) is 11.3 Å². The second kappa shape index (κ2) is 10.8. The predicted molar refractivity (Wildman–Crippen MR) is 131 cm³/mol. The monoisotopic (exact) mass is 455 g/mol. The summed E-state index contributed by atoms with van der Waals surface area (Å²) in [6.07, 6.45) is 5.14. The lowest BCUT2D eigenvalue weighted by atomic mass is 9.89. The number of nitriles is 1. The van der Waals surface area contributed by atoms with E-state index in [9.17, 15) is 4.79 Å². The van der Waals surface area contributed by atoms with Crippen LogP contribution in [0.2, 0.25) is 0 Å². The first-order valence-electron chi connectivity index (χ1n) is 11.6. The zero-order chi connectivity index (χ0) is 23.9. The van der Waals surface area contributed by atoms with E-state index in [1.165, 1.54) is 11.8 Å². The topological polar surface area (TPSA) is 107 Å². The number of rotatable bonds is 7. The van der Waals surface area contributed by atoms with Crippen molar-refractivity contribution in [3.8, 4) is 6.07 Å². The minimum Gasteiger partial charge on any atom is -0.368 e. The van der Waals surface area contributed by atoms with E-state index in [1.807, 2.05) is 47.5 Å². The maximum atomic E-state index is 13.1. The van der Waals surface area contributed by atoms with Gasteiger partial charge in [0, 0.05) is 31.9 Å². The van der Waals surface area contributed by atoms with Gasteiger partial charge in [-0.05, 0) is 68.0 Å². The Hall–Kier alpha value is -3.99. The molecule has 0 saturated carbocycles. The highest BCUT2D eigenvalue weighted by molar-refractivity contribution is 5.94. The number of aromatic nitrogens is 3. The highest BCUT2D eigenvalue weighted by Gasteiger charge is 2.25. The van der Waals surface area contributed by atoms with Crippen molar-refractivity contribution >= 4 is 17.5 Å². The van der Waals surface area contributed by atoms with E-state index >= 15 is 0 Å². The number of piperidine rings is 1. The molecular weight excluding hydrogens is 426 g/mol. The summed E-state index contributed by atoms with van der Waals surface area (Å²) < 4.78 is 0. The van der Waals surface area contributed by atoms with Gasteiger partial charge in [-0.15, -0.1) is 5.10 Å². The highest BCUT2D eigenvalue weighted by Crippen LogP contribution is 2.29. The molecule has 1 aliphatic rings. The van der Waals surface area contributed by atoms with Crippen LogP contribution in [0.5, 0.6) is 0 Å². The average molecular weight is 456 g/mol. The number of benzene rings is 1. The first-order valence-corrected chi connectivity index (χ1v) is 11.6. The molecule has 174 valence electrons. The van der Waals surface area contributed by atoms with Crippen molar-refractivity contribution in [2.75, 3.05) is 23.7 Å². The van der Waals surface area contributed by atoms with Gasteiger partial charge in [0.1, 0.15) is 11.6 Å². The van der Waals surface area contributed by atoms with E-state index in [-0.39, 0.29) is 5.91 Å². The van der Waals surface area contributed by atoms with Crippen molar-refractivity contribution < 1.29 is 4.79 Å². The second-order valence-electron chi connectivity index (χ2n) is 8.83. The maximum absolute atomic E-state index is 13.1. The van der Waals surface area contributed by atoms with Gasteiger partial charge in [-0.2, -0.15) is 10.4 Å². The van der Waals surface area contributed by atoms with E-state index < -0.39 is 0 Å². The Balaban J connectivity index is 1.31. The fraction of sp³-hybridized carbons (Fsp3) is 0.346. The molecule has 3 heterocycles. The van der Waals surface area contributed by atoms with Crippen molar-refractivity contribution in [1.82, 2.24) is 20.1 Å². The summed E-state index contributed by atoms with van der Waals surface area (Å²) in [5, 5.41) is 23.6. The lowest BCUT2D eigenvalue weighted by Crippen LogP contribution is -2.38. The molecule has 2 N–H and O–H groups in total. The molecule has 2 aromatic heterocycles. The first-order chi connectivity index (χ1) is 16.5. The molecule has 1 aliphatic heterocycles. The summed E-state index contributed by atoms with van der Waals surface area (Å²) in [5.41, 5.74) is 3.44. The van der Waals surface area contributed by atoms with Gasteiger partial charge in [0.25, 0.3) is 5.91 Å². The lowest BCUT2D eigenvalue weighted by molar-refractivity contribution is 0.0712. The quantitative estimate of drug-likeness (QED) is 0.550. The highest BCUT2D eigenvalue weighted by atomic mass is 16.2. The smallest absolute Gasteiger partial charge is 0.255 e. The minimum absolute atomic E-state index is 0.0259. The number of carbonyl (C=O) groups excluding carboxylic acids is 1. The van der Waals surface area contributed by atoms with E-state index in [0.29, 0.717) is 48.5 Å². The Labute approximate surface area is 200 Å². The van der Waals surface area contributed by atoms with Crippen molar-refractivity contribution in [2.24, 2.45) is 0 Å². The molecule has 1 aromatic carbocycles. The van der Waals surface area contributed by atoms with Crippen LogP contribution in [-0.2, 0) is 6.54 Å². The second-order valence-corrected chi connectivity index (χ2v) is 8.83. The Morgan fingerprint density at radius 2 is 1.88 bits per heavy atom. The van der Waals surface area contributed by atoms with Crippen LogP contribution in [-0.4, -0.2) is 45.1 Å². The molecule has 3 aromatic rings. The van der Waals surface area contributed by atoms with Crippen LogP contribution < -0.4 is 10.6 Å². The van der Waals surface area contributed by atoms with E-state index in [1.54, 1.807) is 6.07 Å². The summed E-state index contributed by atoms with van der Waals surface area (Å²) in [4.78, 5) is 19.3. The molecule has 8 nitrogen and oxygen atoms in total. The number of anilines is 2. The van der Waals surface area contributed by atoms with Gasteiger partial charge in [0.15, 0.2) is 0 Å². The van der Waals surface area contributed by atoms with E-state index in [2.05, 4.69) is 45.7 Å². The number of hydrogen-bond acceptors (Lipinski definition) is 7. The summed E-state index contributed by atoms with van der Waals surface area (Å²) in [5.74, 6) is 1.78. The number of nitrogens with zero attached hydrogens (tertiary/aromatic N) is 5. The van der Waals surface area contributed by atoms with Gasteiger partial charge in [-0.1, -0.05) is 18.2 Å². The van der Waals surface area contributed by atoms with Crippen LogP contribution in [0.15, 0.2) is 54.9 Å². The van der Waals surface area contributed by atoms with Crippen molar-refractivity contribution in [2.45, 2.75) is 45.2 Å². The van der Waals surface area contributed by atoms with Crippen molar-refractivity contribution in [3.63, 3.8) is 0 Å². The fourth-order valence-corrected chi connectivity index (χ4v) is 4.10. The van der Waals surface area contributed by atoms with Crippen LogP contribution in [0.3, 0.4) is 0 Å². The number of pyridine rings is 1. The molecule has 0 atom stereocenters. The third-order valence-electron chi connectivity index (χ3n) is 5.93. The Kier molecular flexibility index (Phi) is 7.33. The standard InChI is InChI=1S/C26H29N7O/c1-18(2)31-24-8-5-20(15-28-24)16-29-25-13-23(17-30-32-25)26(34)33-11-9-22(10-12-33)21-6-3-19(14-27)4-7-21/h3-8,13,15,17-18,22H,9-12,16H2,1-2H3,(H,28,31)(H,29,32). The van der Waals surface area contributed by atoms with Gasteiger partial charge in [-0.3, -0.25) is 4.79 Å². The molecule has 0 spiro atoms. The largest absolute Gasteiger partial charge is 0.368 e. The van der Waals surface area contributed by atoms with Crippen molar-refractivity contribution in [1.29, 1.82) is 5.26 Å². The van der Waals surface area contributed by atoms with E-state index in [4.69, 9.17) is 5.26 Å². The number of carbonyl (C=O) groups is 1. The Morgan fingerprint density at radius 3 is 2.53 bits per heavy atom. The number of nitrogens with one attached hydrogen (secondary N) is 2. The number of hydrogen-bond donors (Lipinski definition) is 2. The van der Waals surface area contributed by atoms with Gasteiger partial charge < -0.3 is 15.5 Å². The fourth-order valence-electron chi connectivity index (χ4n) is 4.10. The van der Waals surface area contributed by atoms with Gasteiger partial charge in [-0.25, -0.2) is 4.98 Å². The van der Waals surface area contributed by atoms with Crippen molar-refractivity contribution in [3.05, 3.63) is 77.1 Å². The summed E-state index contributed by atoms with van der Waals surface area (Å²) in [6, 6.07) is 16.0. The Bertz CT molecular complexity index is 1150. The molecule has 34 heavy (non-hydrogen) atoms. The van der Waals surface area contributed by atoms with Gasteiger partial charge in [0.05, 0.1) is 23.4 Å². The first kappa shape index (κ1) is 23.2. The van der Waals surface area contributed by atoms with Gasteiger partial charge >= 0.3 is 0 Å². The zero-order valence-corrected chi connectivity index (χ0v) is 19.5. The third-order valence-corrected chi connectivity index (χ3v) is 5.93. The third kappa shape index (κ3) is 5.87. The number of likely N-dealkylation sites (tertiary alicyclic amines) is 1. The molecule has 4 rings (SSSR count). The molecule has 0 aliphatic carbocycles. The summed E-state index contributed by atoms with van der Waals surface area (Å²) >= 11 is 0. The summed E-state index contributed by atoms with van der Waals surface area (Å²) in [7, 11) is 0. The molecule has 8 heteroatoms. The maximum Gasteiger partial charge on any atom is 0.255 e. The SMILES string of the molecule is CC(C)Nc1ccc(CNc2cc(C(=O)N3CCC(c4ccc(C#N)cc4)CC3)cnn2)cn1. The van der Waals surface area contributed by atoms with Crippen LogP contribution in [0.25, 0.3) is 0 Å². The minimum atomic E-state index is -0.0259. The molecule has 0 bridgehead atoms. The molecule has 0 radical (unpaired) electrons. The molecule has 1 amide bonds. The normalized spacial score (nSPS) is 14.0. The van der Waals surface area contributed by atoms with Crippen LogP contribution in [0.1, 0.15) is 59.7 Å². The average Bonchev–Trinajstić information content (AvgIpc) is 2.88. The molecule has 1 saturated heterocycles. The molecule has 1 fully saturated rings. The molecule has 0 unspecified atom stereocenters. The predicted octanol–water partition coefficient (Wildman–Crippen LogP) is 4.20. The van der Waals surface area contributed by atoms with Crippen LogP contribution >= 0.6 is 0 Å². The Morgan fingerprint density at radius 1 is 1.12 bits per heavy atom. The van der Waals surface area contributed by atoms with Gasteiger partial charge in [0.2, 0.25) is 0 Å². The lowest BCUT2D eigenvalue weighted by Gasteiger charge is -2.32. The van der Waals surface area contributed by atoms with E-state index in [0.717, 1.165) is 24.2 Å². The number of amides is 1. The molecular formula is C26H29N7O. The zero-order valence-electron chi connectivity index (χ0n) is 19.5.